The molecule has 172 valence electrons. The summed E-state index contributed by atoms with van der Waals surface area (Å²) >= 11 is 1.25. The Morgan fingerprint density at radius 1 is 1.09 bits per heavy atom. The van der Waals surface area contributed by atoms with Gasteiger partial charge in [-0.25, -0.2) is 4.98 Å². The molecule has 0 unspecified atom stereocenters. The first-order valence-electron chi connectivity index (χ1n) is 10.6. The Morgan fingerprint density at radius 2 is 1.79 bits per heavy atom. The lowest BCUT2D eigenvalue weighted by Crippen LogP contribution is -2.25. The first kappa shape index (κ1) is 22.7. The number of anilines is 1. The molecule has 4 aromatic rings. The molecule has 0 aliphatic carbocycles. The lowest BCUT2D eigenvalue weighted by atomic mass is 10.2. The maximum absolute atomic E-state index is 13.4. The van der Waals surface area contributed by atoms with Crippen molar-refractivity contribution in [3.05, 3.63) is 52.8 Å². The molecule has 0 bridgehead atoms. The van der Waals surface area contributed by atoms with Gasteiger partial charge < -0.3 is 19.4 Å². The number of nitrogens with zero attached hydrogens (tertiary/aromatic N) is 3. The van der Waals surface area contributed by atoms with Gasteiger partial charge >= 0.3 is 0 Å². The summed E-state index contributed by atoms with van der Waals surface area (Å²) in [5.74, 6) is 1.36. The van der Waals surface area contributed by atoms with Crippen molar-refractivity contribution in [1.29, 1.82) is 0 Å². The second kappa shape index (κ2) is 9.58. The molecule has 8 nitrogen and oxygen atoms in total. The topological polar surface area (TPSA) is 87.4 Å². The van der Waals surface area contributed by atoms with Gasteiger partial charge in [0.05, 0.1) is 25.5 Å². The number of methoxy groups -OCH3 is 2. The Labute approximate surface area is 195 Å². The minimum atomic E-state index is -0.179. The number of rotatable bonds is 8. The predicted molar refractivity (Wildman–Crippen MR) is 132 cm³/mol. The average molecular weight is 467 g/mol. The van der Waals surface area contributed by atoms with Gasteiger partial charge in [-0.1, -0.05) is 18.7 Å². The van der Waals surface area contributed by atoms with E-state index in [1.165, 1.54) is 11.8 Å². The third kappa shape index (κ3) is 4.41. The van der Waals surface area contributed by atoms with Crippen LogP contribution in [0.5, 0.6) is 11.5 Å². The van der Waals surface area contributed by atoms with Gasteiger partial charge in [-0.2, -0.15) is 0 Å². The van der Waals surface area contributed by atoms with Crippen LogP contribution in [0.3, 0.4) is 0 Å². The normalized spacial score (nSPS) is 11.2. The highest BCUT2D eigenvalue weighted by molar-refractivity contribution is 7.99. The van der Waals surface area contributed by atoms with E-state index in [-0.39, 0.29) is 17.2 Å². The van der Waals surface area contributed by atoms with E-state index in [4.69, 9.17) is 14.5 Å². The van der Waals surface area contributed by atoms with Crippen molar-refractivity contribution in [2.45, 2.75) is 25.0 Å². The van der Waals surface area contributed by atoms with E-state index in [1.54, 1.807) is 43.1 Å². The average Bonchev–Trinajstić information content (AvgIpc) is 3.11. The number of hydrogen-bond acceptors (Lipinski definition) is 6. The van der Waals surface area contributed by atoms with Crippen molar-refractivity contribution >= 4 is 45.3 Å². The Balaban J connectivity index is 1.68. The summed E-state index contributed by atoms with van der Waals surface area (Å²) in [6, 6.07) is 12.8. The van der Waals surface area contributed by atoms with E-state index in [0.717, 1.165) is 23.1 Å². The van der Waals surface area contributed by atoms with Crippen molar-refractivity contribution in [3.63, 3.8) is 0 Å². The quantitative estimate of drug-likeness (QED) is 0.311. The summed E-state index contributed by atoms with van der Waals surface area (Å²) in [5.41, 5.74) is 2.62. The van der Waals surface area contributed by atoms with Gasteiger partial charge in [0.15, 0.2) is 5.16 Å². The van der Waals surface area contributed by atoms with Crippen LogP contribution in [-0.4, -0.2) is 40.0 Å². The minimum Gasteiger partial charge on any atom is -0.497 e. The molecule has 0 aliphatic rings. The van der Waals surface area contributed by atoms with Crippen molar-refractivity contribution < 1.29 is 14.3 Å². The SMILES string of the molecule is CCCn1c(SCC(=O)Nc2ccc(OC)cc2)nc2c3cc(OC)ccc3n(C)c2c1=O. The molecular formula is C24H26N4O4S. The molecule has 0 fully saturated rings. The van der Waals surface area contributed by atoms with Gasteiger partial charge in [0.1, 0.15) is 22.5 Å². The smallest absolute Gasteiger partial charge is 0.278 e. The molecule has 0 saturated heterocycles. The minimum absolute atomic E-state index is 0.113. The van der Waals surface area contributed by atoms with Crippen LogP contribution in [0.1, 0.15) is 13.3 Å². The molecule has 2 aromatic carbocycles. The molecule has 4 rings (SSSR count). The molecule has 0 radical (unpaired) electrons. The predicted octanol–water partition coefficient (Wildman–Crippen LogP) is 4.05. The van der Waals surface area contributed by atoms with Gasteiger partial charge in [0, 0.05) is 24.7 Å². The summed E-state index contributed by atoms with van der Waals surface area (Å²) in [6.45, 7) is 2.53. The largest absolute Gasteiger partial charge is 0.497 e. The number of nitrogens with one attached hydrogen (secondary N) is 1. The van der Waals surface area contributed by atoms with Gasteiger partial charge in [0.2, 0.25) is 5.91 Å². The fraction of sp³-hybridized carbons (Fsp3) is 0.292. The van der Waals surface area contributed by atoms with Gasteiger partial charge in [-0.05, 0) is 48.9 Å². The third-order valence-corrected chi connectivity index (χ3v) is 6.40. The van der Waals surface area contributed by atoms with E-state index in [2.05, 4.69) is 5.32 Å². The summed E-state index contributed by atoms with van der Waals surface area (Å²) < 4.78 is 14.0. The number of carbonyl (C=O) groups excluding carboxylic acids is 1. The number of hydrogen-bond donors (Lipinski definition) is 1. The Hall–Kier alpha value is -3.46. The second-order valence-electron chi connectivity index (χ2n) is 7.56. The van der Waals surface area contributed by atoms with Crippen LogP contribution >= 0.6 is 11.8 Å². The van der Waals surface area contributed by atoms with Crippen molar-refractivity contribution in [3.8, 4) is 11.5 Å². The summed E-state index contributed by atoms with van der Waals surface area (Å²) in [4.78, 5) is 30.8. The molecule has 0 aliphatic heterocycles. The maximum Gasteiger partial charge on any atom is 0.278 e. The van der Waals surface area contributed by atoms with E-state index in [9.17, 15) is 9.59 Å². The van der Waals surface area contributed by atoms with Crippen molar-refractivity contribution in [1.82, 2.24) is 14.1 Å². The zero-order valence-corrected chi connectivity index (χ0v) is 19.9. The Kier molecular flexibility index (Phi) is 6.60. The number of amides is 1. The molecule has 1 N–H and O–H groups in total. The lowest BCUT2D eigenvalue weighted by Gasteiger charge is -2.12. The van der Waals surface area contributed by atoms with Gasteiger partial charge in [-0.3, -0.25) is 14.2 Å². The van der Waals surface area contributed by atoms with Gasteiger partial charge in [0.25, 0.3) is 5.56 Å². The second-order valence-corrected chi connectivity index (χ2v) is 8.50. The lowest BCUT2D eigenvalue weighted by molar-refractivity contribution is -0.113. The monoisotopic (exact) mass is 466 g/mol. The first-order chi connectivity index (χ1) is 16.0. The zero-order chi connectivity index (χ0) is 23.5. The third-order valence-electron chi connectivity index (χ3n) is 5.42. The zero-order valence-electron chi connectivity index (χ0n) is 19.0. The van der Waals surface area contributed by atoms with Crippen LogP contribution in [0.15, 0.2) is 52.4 Å². The summed E-state index contributed by atoms with van der Waals surface area (Å²) in [5, 5.41) is 4.23. The summed E-state index contributed by atoms with van der Waals surface area (Å²) in [7, 11) is 5.07. The van der Waals surface area contributed by atoms with Gasteiger partial charge in [-0.15, -0.1) is 0 Å². The number of aryl methyl sites for hydroxylation is 1. The standard InChI is InChI=1S/C24H26N4O4S/c1-5-12-28-23(30)22-21(18-13-17(32-4)10-11-19(18)27(22)2)26-24(28)33-14-20(29)25-15-6-8-16(31-3)9-7-15/h6-11,13H,5,12,14H2,1-4H3,(H,25,29). The van der Waals surface area contributed by atoms with Crippen LogP contribution in [0.2, 0.25) is 0 Å². The van der Waals surface area contributed by atoms with Crippen molar-refractivity contribution in [2.24, 2.45) is 7.05 Å². The van der Waals surface area contributed by atoms with Crippen LogP contribution in [0.4, 0.5) is 5.69 Å². The summed E-state index contributed by atoms with van der Waals surface area (Å²) in [6.07, 6.45) is 0.774. The highest BCUT2D eigenvalue weighted by atomic mass is 32.2. The van der Waals surface area contributed by atoms with E-state index >= 15 is 0 Å². The fourth-order valence-electron chi connectivity index (χ4n) is 3.79. The molecule has 0 saturated carbocycles. The number of fused-ring (bicyclic) bond motifs is 3. The molecule has 0 atom stereocenters. The van der Waals surface area contributed by atoms with Crippen LogP contribution < -0.4 is 20.3 Å². The van der Waals surface area contributed by atoms with Crippen molar-refractivity contribution in [2.75, 3.05) is 25.3 Å². The van der Waals surface area contributed by atoms with Crippen LogP contribution in [0, 0.1) is 0 Å². The van der Waals surface area contributed by atoms with E-state index < -0.39 is 0 Å². The Morgan fingerprint density at radius 3 is 2.45 bits per heavy atom. The number of carbonyl (C=O) groups is 1. The van der Waals surface area contributed by atoms with Crippen LogP contribution in [-0.2, 0) is 18.4 Å². The molecule has 33 heavy (non-hydrogen) atoms. The van der Waals surface area contributed by atoms with Crippen LogP contribution in [0.25, 0.3) is 21.9 Å². The molecule has 9 heteroatoms. The molecular weight excluding hydrogens is 440 g/mol. The molecule has 0 spiro atoms. The highest BCUT2D eigenvalue weighted by Gasteiger charge is 2.19. The highest BCUT2D eigenvalue weighted by Crippen LogP contribution is 2.30. The molecule has 1 amide bonds. The Bertz CT molecular complexity index is 1380. The fourth-order valence-corrected chi connectivity index (χ4v) is 4.61. The number of aromatic nitrogens is 3. The number of benzene rings is 2. The number of thioether (sulfide) groups is 1. The number of ether oxygens (including phenoxy) is 2. The first-order valence-corrected chi connectivity index (χ1v) is 11.6. The molecule has 2 aromatic heterocycles. The van der Waals surface area contributed by atoms with E-state index in [0.29, 0.717) is 34.2 Å². The molecule has 2 heterocycles. The van der Waals surface area contributed by atoms with E-state index in [1.807, 2.05) is 36.7 Å². The maximum atomic E-state index is 13.4.